The van der Waals surface area contributed by atoms with Crippen molar-refractivity contribution in [3.8, 4) is 0 Å². The van der Waals surface area contributed by atoms with E-state index in [4.69, 9.17) is 39.9 Å². The van der Waals surface area contributed by atoms with Crippen LogP contribution in [-0.2, 0) is 47.6 Å². The predicted molar refractivity (Wildman–Crippen MR) is 308 cm³/mol. The van der Waals surface area contributed by atoms with Crippen molar-refractivity contribution in [1.82, 2.24) is 21.3 Å². The number of amides is 4. The fourth-order valence-corrected chi connectivity index (χ4v) is 10.5. The zero-order chi connectivity index (χ0) is 55.0. The zero-order valence-corrected chi connectivity index (χ0v) is 48.9. The molecule has 0 spiro atoms. The molecule has 1 rings (SSSR count). The minimum absolute atomic E-state index is 0.397. The van der Waals surface area contributed by atoms with Crippen molar-refractivity contribution in [2.75, 3.05) is 119 Å². The van der Waals surface area contributed by atoms with Crippen LogP contribution in [0.4, 0.5) is 0 Å². The molecule has 1 saturated carbocycles. The highest BCUT2D eigenvalue weighted by molar-refractivity contribution is 6.35. The molecule has 0 heterocycles. The lowest BCUT2D eigenvalue weighted by Crippen LogP contribution is -2.40. The first-order chi connectivity index (χ1) is 37.4. The highest BCUT2D eigenvalue weighted by Crippen LogP contribution is 2.48. The van der Waals surface area contributed by atoms with Gasteiger partial charge in [-0.15, -0.1) is 0 Å². The zero-order valence-electron chi connectivity index (χ0n) is 48.9. The van der Waals surface area contributed by atoms with E-state index in [1.807, 2.05) is 0 Å². The molecule has 0 radical (unpaired) electrons. The summed E-state index contributed by atoms with van der Waals surface area (Å²) in [5, 5.41) is 10.9. The van der Waals surface area contributed by atoms with Gasteiger partial charge in [0.2, 0.25) is 0 Å². The van der Waals surface area contributed by atoms with Gasteiger partial charge in [-0.2, -0.15) is 0 Å². The van der Waals surface area contributed by atoms with E-state index < -0.39 is 23.6 Å². The predicted octanol–water partition coefficient (Wildman–Crippen LogP) is 9.47. The fourth-order valence-electron chi connectivity index (χ4n) is 10.5. The number of hydrogen-bond donors (Lipinski definition) is 6. The Morgan fingerprint density at radius 3 is 0.882 bits per heavy atom. The summed E-state index contributed by atoms with van der Waals surface area (Å²) in [6.07, 6.45) is 39.0. The van der Waals surface area contributed by atoms with Gasteiger partial charge in [0.25, 0.3) is 0 Å². The second-order valence-electron chi connectivity index (χ2n) is 21.3. The summed E-state index contributed by atoms with van der Waals surface area (Å²) in [6.45, 7) is 14.2. The summed E-state index contributed by atoms with van der Waals surface area (Å²) in [6, 6.07) is 0. The van der Waals surface area contributed by atoms with Crippen LogP contribution in [0.15, 0.2) is 0 Å². The Morgan fingerprint density at radius 2 is 0.566 bits per heavy atom. The molecule has 1 fully saturated rings. The highest BCUT2D eigenvalue weighted by Gasteiger charge is 2.37. The lowest BCUT2D eigenvalue weighted by Gasteiger charge is -2.44. The van der Waals surface area contributed by atoms with Gasteiger partial charge in [0.05, 0.1) is 52.9 Å². The normalized spacial score (nSPS) is 16.5. The summed E-state index contributed by atoms with van der Waals surface area (Å²) in [5.74, 6) is 1.27. The van der Waals surface area contributed by atoms with Crippen molar-refractivity contribution >= 4 is 23.6 Å². The lowest BCUT2D eigenvalue weighted by atomic mass is 9.61. The first-order valence-corrected chi connectivity index (χ1v) is 31.4. The second kappa shape index (κ2) is 55.9. The monoisotopic (exact) mass is 1080 g/mol. The Balaban J connectivity index is 2.32. The number of rotatable bonds is 56. The summed E-state index contributed by atoms with van der Waals surface area (Å²) < 4.78 is 32.8. The number of ether oxygens (including phenoxy) is 6. The Hall–Kier alpha value is -2.44. The molecule has 0 aromatic rings. The maximum Gasteiger partial charge on any atom is 0.309 e. The molecule has 0 saturated heterocycles. The van der Waals surface area contributed by atoms with E-state index in [0.29, 0.717) is 131 Å². The Kier molecular flexibility index (Phi) is 52.6. The molecule has 1 aliphatic carbocycles. The number of carbonyl (C=O) groups excluding carboxylic acids is 4. The second-order valence-corrected chi connectivity index (χ2v) is 21.3. The topological polar surface area (TPSA) is 224 Å². The van der Waals surface area contributed by atoms with E-state index in [9.17, 15) is 19.2 Å². The van der Waals surface area contributed by atoms with Gasteiger partial charge >= 0.3 is 23.6 Å². The number of nitrogens with two attached hydrogens (primary N) is 2. The molecule has 0 bridgehead atoms. The molecule has 16 nitrogen and oxygen atoms in total. The van der Waals surface area contributed by atoms with Gasteiger partial charge in [0.1, 0.15) is 0 Å². The van der Waals surface area contributed by atoms with E-state index in [1.54, 1.807) is 0 Å². The maximum atomic E-state index is 12.3. The van der Waals surface area contributed by atoms with Crippen LogP contribution in [0.2, 0.25) is 0 Å². The van der Waals surface area contributed by atoms with Crippen LogP contribution in [0.25, 0.3) is 0 Å². The highest BCUT2D eigenvalue weighted by atomic mass is 16.5. The number of carbonyl (C=O) groups is 4. The first-order valence-electron chi connectivity index (χ1n) is 31.4. The summed E-state index contributed by atoms with van der Waals surface area (Å²) in [5.41, 5.74) is 10.9. The van der Waals surface area contributed by atoms with Crippen LogP contribution in [0.5, 0.6) is 0 Å². The Bertz CT molecular complexity index is 1320. The maximum absolute atomic E-state index is 12.3. The van der Waals surface area contributed by atoms with Crippen LogP contribution in [0, 0.1) is 23.7 Å². The van der Waals surface area contributed by atoms with Gasteiger partial charge in [-0.25, -0.2) is 0 Å². The average Bonchev–Trinajstić information content (AvgIpc) is 3.42. The molecule has 4 unspecified atom stereocenters. The third-order valence-corrected chi connectivity index (χ3v) is 14.9. The van der Waals surface area contributed by atoms with Crippen LogP contribution in [0.1, 0.15) is 219 Å². The van der Waals surface area contributed by atoms with Crippen LogP contribution >= 0.6 is 0 Å². The standard InChI is InChI=1S/C60H118N6O10/c1-3-5-7-19-29-53-33-34-54(30-20-15-12-14-18-24-38-64-58(68)60(70)66-40-28-44-74-48-52-76-50-46-72-42-26-36-62)56(55(53)31-21-8-6-4-2)32-22-16-11-9-10-13-17-23-37-63-57(67)59(69)65-39-27-43-73-47-51-75-49-45-71-41-25-35-61/h53-56H,3-52,61-62H2,1-2H3,(H,63,67)(H,64,68)(H,65,69)(H,66,70). The molecular weight excluding hydrogens is 965 g/mol. The Morgan fingerprint density at radius 1 is 0.316 bits per heavy atom. The van der Waals surface area contributed by atoms with Crippen LogP contribution in [0.3, 0.4) is 0 Å². The number of nitrogens with one attached hydrogen (secondary N) is 4. The molecular formula is C60H118N6O10. The van der Waals surface area contributed by atoms with E-state index in [0.717, 1.165) is 62.2 Å². The SMILES string of the molecule is CCCCCCC1CCC(CCCCCCCCNC(=O)C(=O)NCCCOCCOCCOCCCN)C(CCCCCCCCCCNC(=O)C(=O)NCCCOCCOCCOCCCN)C1CCCCCC. The molecule has 8 N–H and O–H groups in total. The molecule has 0 aromatic heterocycles. The molecule has 4 amide bonds. The third kappa shape index (κ3) is 43.4. The first kappa shape index (κ1) is 71.6. The van der Waals surface area contributed by atoms with Crippen molar-refractivity contribution in [2.24, 2.45) is 35.1 Å². The van der Waals surface area contributed by atoms with Gasteiger partial charge in [0.15, 0.2) is 0 Å². The van der Waals surface area contributed by atoms with Crippen molar-refractivity contribution in [1.29, 1.82) is 0 Å². The minimum Gasteiger partial charge on any atom is -0.379 e. The third-order valence-electron chi connectivity index (χ3n) is 14.9. The van der Waals surface area contributed by atoms with Gasteiger partial charge in [-0.05, 0) is 101 Å². The van der Waals surface area contributed by atoms with E-state index in [2.05, 4.69) is 35.1 Å². The van der Waals surface area contributed by atoms with Gasteiger partial charge in [-0.1, -0.05) is 155 Å². The molecule has 0 aromatic carbocycles. The van der Waals surface area contributed by atoms with E-state index in [1.165, 1.54) is 154 Å². The molecule has 1 aliphatic rings. The summed E-state index contributed by atoms with van der Waals surface area (Å²) >= 11 is 0. The van der Waals surface area contributed by atoms with Gasteiger partial charge < -0.3 is 61.2 Å². The van der Waals surface area contributed by atoms with Crippen LogP contribution < -0.4 is 32.7 Å². The van der Waals surface area contributed by atoms with E-state index >= 15 is 0 Å². The van der Waals surface area contributed by atoms with Gasteiger partial charge in [0, 0.05) is 52.6 Å². The summed E-state index contributed by atoms with van der Waals surface area (Å²) in [7, 11) is 0. The molecule has 448 valence electrons. The van der Waals surface area contributed by atoms with Gasteiger partial charge in [-0.3, -0.25) is 19.2 Å². The number of unbranched alkanes of at least 4 members (excludes halogenated alkanes) is 18. The lowest BCUT2D eigenvalue weighted by molar-refractivity contribution is -0.139. The largest absolute Gasteiger partial charge is 0.379 e. The van der Waals surface area contributed by atoms with Crippen LogP contribution in [-0.4, -0.2) is 142 Å². The fraction of sp³-hybridized carbons (Fsp3) is 0.933. The summed E-state index contributed by atoms with van der Waals surface area (Å²) in [4.78, 5) is 49.0. The Labute approximate surface area is 463 Å². The van der Waals surface area contributed by atoms with Crippen molar-refractivity contribution in [3.63, 3.8) is 0 Å². The molecule has 16 heteroatoms. The molecule has 0 aliphatic heterocycles. The van der Waals surface area contributed by atoms with Crippen molar-refractivity contribution in [3.05, 3.63) is 0 Å². The van der Waals surface area contributed by atoms with Crippen molar-refractivity contribution in [2.45, 2.75) is 219 Å². The average molecular weight is 1080 g/mol. The van der Waals surface area contributed by atoms with E-state index in [-0.39, 0.29) is 0 Å². The van der Waals surface area contributed by atoms with Crippen molar-refractivity contribution < 1.29 is 47.6 Å². The number of hydrogen-bond acceptors (Lipinski definition) is 12. The smallest absolute Gasteiger partial charge is 0.309 e. The minimum atomic E-state index is -0.582. The molecule has 4 atom stereocenters. The molecule has 76 heavy (non-hydrogen) atoms. The quantitative estimate of drug-likeness (QED) is 0.0248.